The maximum absolute atomic E-state index is 4.72. The highest BCUT2D eigenvalue weighted by molar-refractivity contribution is 6.97. The van der Waals surface area contributed by atoms with E-state index in [1.165, 1.54) is 49.9 Å². The zero-order valence-corrected chi connectivity index (χ0v) is 13.4. The first-order chi connectivity index (χ1) is 11.2. The van der Waals surface area contributed by atoms with Gasteiger partial charge < -0.3 is 0 Å². The molecule has 0 saturated heterocycles. The number of aryl methyl sites for hydroxylation is 2. The number of rotatable bonds is 0. The molecule has 2 aliphatic heterocycles. The van der Waals surface area contributed by atoms with Crippen LogP contribution >= 0.6 is 0 Å². The number of aromatic nitrogens is 2. The van der Waals surface area contributed by atoms with Crippen molar-refractivity contribution in [3.05, 3.63) is 76.4 Å². The van der Waals surface area contributed by atoms with E-state index in [9.17, 15) is 0 Å². The Morgan fingerprint density at radius 2 is 1.65 bits per heavy atom. The summed E-state index contributed by atoms with van der Waals surface area (Å²) in [5, 5.41) is 0. The van der Waals surface area contributed by atoms with Crippen LogP contribution in [0.4, 0.5) is 0 Å². The van der Waals surface area contributed by atoms with Gasteiger partial charge in [0.05, 0.1) is 0 Å². The standard InChI is InChI=1S/C20H17BN2/c1-12-4-3-5-14-8-15-6-7-23-17-9-16-11-22-10-13(2)19(16)21(18(12)14)20(15)17/h3-7,10-11H,8-9H2,1-2H3. The van der Waals surface area contributed by atoms with Crippen molar-refractivity contribution in [2.24, 2.45) is 0 Å². The van der Waals surface area contributed by atoms with E-state index in [-0.39, 0.29) is 0 Å². The van der Waals surface area contributed by atoms with Crippen LogP contribution in [-0.2, 0) is 12.8 Å². The molecule has 0 unspecified atom stereocenters. The van der Waals surface area contributed by atoms with E-state index in [4.69, 9.17) is 4.98 Å². The lowest BCUT2D eigenvalue weighted by atomic mass is 9.30. The zero-order valence-electron chi connectivity index (χ0n) is 13.4. The fourth-order valence-corrected chi connectivity index (χ4v) is 4.52. The van der Waals surface area contributed by atoms with E-state index < -0.39 is 0 Å². The monoisotopic (exact) mass is 296 g/mol. The number of fused-ring (bicyclic) bond motifs is 4. The fraction of sp³-hybridized carbons (Fsp3) is 0.200. The molecule has 0 amide bonds. The second-order valence-corrected chi connectivity index (χ2v) is 6.79. The van der Waals surface area contributed by atoms with Crippen LogP contribution in [0.15, 0.2) is 42.9 Å². The van der Waals surface area contributed by atoms with Crippen molar-refractivity contribution in [1.29, 1.82) is 0 Å². The summed E-state index contributed by atoms with van der Waals surface area (Å²) in [5.41, 5.74) is 12.6. The van der Waals surface area contributed by atoms with Gasteiger partial charge in [-0.05, 0) is 54.1 Å². The summed E-state index contributed by atoms with van der Waals surface area (Å²) in [7, 11) is 0. The van der Waals surface area contributed by atoms with Gasteiger partial charge in [-0.15, -0.1) is 0 Å². The average molecular weight is 296 g/mol. The summed E-state index contributed by atoms with van der Waals surface area (Å²) in [6.45, 7) is 4.76. The molecule has 110 valence electrons. The first-order valence-electron chi connectivity index (χ1n) is 8.22. The molecule has 0 bridgehead atoms. The molecule has 0 fully saturated rings. The Hall–Kier alpha value is -2.42. The lowest BCUT2D eigenvalue weighted by molar-refractivity contribution is 1.04. The summed E-state index contributed by atoms with van der Waals surface area (Å²) < 4.78 is 0. The van der Waals surface area contributed by atoms with Crippen LogP contribution in [0.5, 0.6) is 0 Å². The molecular formula is C20H17BN2. The molecule has 0 radical (unpaired) electrons. The van der Waals surface area contributed by atoms with E-state index >= 15 is 0 Å². The van der Waals surface area contributed by atoms with E-state index in [0.29, 0.717) is 6.71 Å². The Morgan fingerprint density at radius 1 is 0.826 bits per heavy atom. The predicted octanol–water partition coefficient (Wildman–Crippen LogP) is 1.42. The molecule has 2 aliphatic rings. The molecule has 3 aromatic rings. The van der Waals surface area contributed by atoms with Gasteiger partial charge in [-0.1, -0.05) is 34.7 Å². The normalized spacial score (nSPS) is 14.1. The van der Waals surface area contributed by atoms with Gasteiger partial charge in [-0.2, -0.15) is 0 Å². The molecule has 0 aliphatic carbocycles. The lowest BCUT2D eigenvalue weighted by Crippen LogP contribution is -2.62. The highest BCUT2D eigenvalue weighted by atomic mass is 14.7. The van der Waals surface area contributed by atoms with Crippen molar-refractivity contribution in [3.8, 4) is 0 Å². The van der Waals surface area contributed by atoms with E-state index in [0.717, 1.165) is 12.8 Å². The quantitative estimate of drug-likeness (QED) is 0.404. The highest BCUT2D eigenvalue weighted by Crippen LogP contribution is 2.22. The average Bonchev–Trinajstić information content (AvgIpc) is 2.55. The minimum absolute atomic E-state index is 0.324. The van der Waals surface area contributed by atoms with Crippen LogP contribution in [0.25, 0.3) is 0 Å². The van der Waals surface area contributed by atoms with Crippen LogP contribution in [0.2, 0.25) is 0 Å². The van der Waals surface area contributed by atoms with Crippen LogP contribution in [0.1, 0.15) is 33.5 Å². The van der Waals surface area contributed by atoms with Gasteiger partial charge in [-0.25, -0.2) is 0 Å². The topological polar surface area (TPSA) is 25.8 Å². The summed E-state index contributed by atoms with van der Waals surface area (Å²) in [5.74, 6) is 0. The van der Waals surface area contributed by atoms with Crippen LogP contribution < -0.4 is 16.4 Å². The molecule has 2 aromatic heterocycles. The number of hydrogen-bond acceptors (Lipinski definition) is 2. The molecule has 0 saturated carbocycles. The first kappa shape index (κ1) is 13.1. The maximum atomic E-state index is 4.72. The molecular weight excluding hydrogens is 279 g/mol. The third kappa shape index (κ3) is 1.71. The van der Waals surface area contributed by atoms with Gasteiger partial charge in [0.2, 0.25) is 6.71 Å². The van der Waals surface area contributed by atoms with Crippen LogP contribution in [0.3, 0.4) is 0 Å². The molecule has 4 heterocycles. The highest BCUT2D eigenvalue weighted by Gasteiger charge is 2.38. The smallest absolute Gasteiger partial charge is 0.245 e. The maximum Gasteiger partial charge on any atom is 0.245 e. The summed E-state index contributed by atoms with van der Waals surface area (Å²) in [6.07, 6.45) is 7.95. The van der Waals surface area contributed by atoms with Crippen molar-refractivity contribution in [1.82, 2.24) is 9.97 Å². The minimum Gasteiger partial charge on any atom is -0.264 e. The van der Waals surface area contributed by atoms with Crippen molar-refractivity contribution in [2.75, 3.05) is 0 Å². The minimum atomic E-state index is 0.324. The fourth-order valence-electron chi connectivity index (χ4n) is 4.52. The number of pyridine rings is 2. The van der Waals surface area contributed by atoms with Crippen LogP contribution in [-0.4, -0.2) is 16.7 Å². The molecule has 3 heteroatoms. The van der Waals surface area contributed by atoms with Gasteiger partial charge in [0.25, 0.3) is 0 Å². The van der Waals surface area contributed by atoms with Gasteiger partial charge in [-0.3, -0.25) is 9.97 Å². The molecule has 1 aromatic carbocycles. The van der Waals surface area contributed by atoms with Gasteiger partial charge in [0, 0.05) is 30.7 Å². The molecule has 2 nitrogen and oxygen atoms in total. The molecule has 5 rings (SSSR count). The predicted molar refractivity (Wildman–Crippen MR) is 94.7 cm³/mol. The summed E-state index contributed by atoms with van der Waals surface area (Å²) in [6, 6.07) is 8.92. The third-order valence-corrected chi connectivity index (χ3v) is 5.45. The zero-order chi connectivity index (χ0) is 15.6. The Balaban J connectivity index is 1.91. The summed E-state index contributed by atoms with van der Waals surface area (Å²) >= 11 is 0. The van der Waals surface area contributed by atoms with Gasteiger partial charge in [0.1, 0.15) is 0 Å². The van der Waals surface area contributed by atoms with Crippen molar-refractivity contribution in [2.45, 2.75) is 26.7 Å². The number of nitrogens with zero attached hydrogens (tertiary/aromatic N) is 2. The first-order valence-corrected chi connectivity index (χ1v) is 8.22. The van der Waals surface area contributed by atoms with E-state index in [1.807, 2.05) is 18.6 Å². The van der Waals surface area contributed by atoms with Gasteiger partial charge >= 0.3 is 0 Å². The second kappa shape index (κ2) is 4.54. The number of hydrogen-bond donors (Lipinski definition) is 0. The van der Waals surface area contributed by atoms with E-state index in [2.05, 4.69) is 43.1 Å². The number of benzene rings is 1. The van der Waals surface area contributed by atoms with Crippen molar-refractivity contribution >= 4 is 23.1 Å². The molecule has 0 N–H and O–H groups in total. The second-order valence-electron chi connectivity index (χ2n) is 6.79. The Kier molecular flexibility index (Phi) is 2.58. The molecule has 0 spiro atoms. The van der Waals surface area contributed by atoms with Gasteiger partial charge in [0.15, 0.2) is 0 Å². The van der Waals surface area contributed by atoms with E-state index in [1.54, 1.807) is 0 Å². The summed E-state index contributed by atoms with van der Waals surface area (Å²) in [4.78, 5) is 9.15. The largest absolute Gasteiger partial charge is 0.264 e. The molecule has 23 heavy (non-hydrogen) atoms. The van der Waals surface area contributed by atoms with Crippen molar-refractivity contribution in [3.63, 3.8) is 0 Å². The van der Waals surface area contributed by atoms with Crippen molar-refractivity contribution < 1.29 is 0 Å². The van der Waals surface area contributed by atoms with Crippen LogP contribution in [0, 0.1) is 13.8 Å². The lowest BCUT2D eigenvalue weighted by Gasteiger charge is -2.34. The Morgan fingerprint density at radius 3 is 2.57 bits per heavy atom. The SMILES string of the molecule is Cc1cccc2c1B1c3c(C)cncc3Cc3nccc(c31)C2. The molecule has 0 atom stereocenters. The Bertz CT molecular complexity index is 855. The Labute approximate surface area is 136 Å². The third-order valence-electron chi connectivity index (χ3n) is 5.45.